The molecule has 20 heavy (non-hydrogen) atoms. The van der Waals surface area contributed by atoms with Crippen LogP contribution in [-0.2, 0) is 6.54 Å². The minimum atomic E-state index is -0.389. The van der Waals surface area contributed by atoms with E-state index in [2.05, 4.69) is 25.7 Å². The van der Waals surface area contributed by atoms with E-state index in [0.29, 0.717) is 24.8 Å². The van der Waals surface area contributed by atoms with Gasteiger partial charge in [0.05, 0.1) is 11.5 Å². The Morgan fingerprint density at radius 2 is 2.25 bits per heavy atom. The fraction of sp³-hybridized carbons (Fsp3) is 0.467. The maximum Gasteiger partial charge on any atom is 0.270 e. The highest BCUT2D eigenvalue weighted by Gasteiger charge is 2.11. The summed E-state index contributed by atoms with van der Waals surface area (Å²) in [6.45, 7) is 9.81. The third-order valence-corrected chi connectivity index (χ3v) is 2.70. The number of nitrogens with one attached hydrogen (secondary N) is 1. The first-order valence-electron chi connectivity index (χ1n) is 6.76. The lowest BCUT2D eigenvalue weighted by atomic mass is 10.1. The Hall–Kier alpha value is -1.88. The molecule has 0 amide bonds. The van der Waals surface area contributed by atoms with Gasteiger partial charge < -0.3 is 10.1 Å². The summed E-state index contributed by atoms with van der Waals surface area (Å²) in [6, 6.07) is 4.69. The van der Waals surface area contributed by atoms with Crippen LogP contribution in [0.4, 0.5) is 5.69 Å². The van der Waals surface area contributed by atoms with E-state index < -0.39 is 0 Å². The van der Waals surface area contributed by atoms with Gasteiger partial charge in [-0.25, -0.2) is 0 Å². The first-order chi connectivity index (χ1) is 9.54. The SMILES string of the molecule is C=CCCOc1ccc([N+](=O)[O-])cc1CNCC(C)C. The Morgan fingerprint density at radius 1 is 1.50 bits per heavy atom. The van der Waals surface area contributed by atoms with Gasteiger partial charge in [0, 0.05) is 24.2 Å². The molecule has 110 valence electrons. The van der Waals surface area contributed by atoms with E-state index in [9.17, 15) is 10.1 Å². The molecule has 0 saturated carbocycles. The number of hydrogen-bond donors (Lipinski definition) is 1. The van der Waals surface area contributed by atoms with Gasteiger partial charge in [0.25, 0.3) is 5.69 Å². The van der Waals surface area contributed by atoms with Crippen LogP contribution in [0.2, 0.25) is 0 Å². The Kier molecular flexibility index (Phi) is 6.73. The molecule has 0 fully saturated rings. The molecule has 0 aliphatic heterocycles. The fourth-order valence-corrected chi connectivity index (χ4v) is 1.71. The van der Waals surface area contributed by atoms with Gasteiger partial charge in [-0.05, 0) is 24.9 Å². The molecule has 0 bridgehead atoms. The minimum Gasteiger partial charge on any atom is -0.493 e. The minimum absolute atomic E-state index is 0.0856. The van der Waals surface area contributed by atoms with E-state index in [0.717, 1.165) is 18.5 Å². The molecule has 1 aromatic carbocycles. The van der Waals surface area contributed by atoms with Crippen LogP contribution in [0.3, 0.4) is 0 Å². The lowest BCUT2D eigenvalue weighted by Gasteiger charge is -2.12. The molecule has 0 saturated heterocycles. The highest BCUT2D eigenvalue weighted by atomic mass is 16.6. The molecule has 0 spiro atoms. The second kappa shape index (κ2) is 8.32. The first kappa shape index (κ1) is 16.2. The summed E-state index contributed by atoms with van der Waals surface area (Å²) < 4.78 is 5.64. The van der Waals surface area contributed by atoms with Crippen molar-refractivity contribution in [1.29, 1.82) is 0 Å². The van der Waals surface area contributed by atoms with Crippen LogP contribution < -0.4 is 10.1 Å². The highest BCUT2D eigenvalue weighted by molar-refractivity contribution is 5.43. The van der Waals surface area contributed by atoms with Crippen molar-refractivity contribution in [2.75, 3.05) is 13.2 Å². The Morgan fingerprint density at radius 3 is 2.85 bits per heavy atom. The van der Waals surface area contributed by atoms with Gasteiger partial charge in [0.15, 0.2) is 0 Å². The molecule has 0 aliphatic rings. The molecule has 5 nitrogen and oxygen atoms in total. The van der Waals surface area contributed by atoms with Crippen molar-refractivity contribution in [3.8, 4) is 5.75 Å². The molecule has 5 heteroatoms. The van der Waals surface area contributed by atoms with Crippen LogP contribution >= 0.6 is 0 Å². The number of rotatable bonds is 9. The monoisotopic (exact) mass is 278 g/mol. The Labute approximate surface area is 119 Å². The van der Waals surface area contributed by atoms with Gasteiger partial charge in [-0.2, -0.15) is 0 Å². The number of hydrogen-bond acceptors (Lipinski definition) is 4. The van der Waals surface area contributed by atoms with E-state index >= 15 is 0 Å². The van der Waals surface area contributed by atoms with Gasteiger partial charge in [0.2, 0.25) is 0 Å². The Bertz CT molecular complexity index is 458. The second-order valence-corrected chi connectivity index (χ2v) is 5.00. The second-order valence-electron chi connectivity index (χ2n) is 5.00. The van der Waals surface area contributed by atoms with E-state index in [1.54, 1.807) is 18.2 Å². The standard InChI is InChI=1S/C15H22N2O3/c1-4-5-8-20-15-7-6-14(17(18)19)9-13(15)11-16-10-12(2)3/h4,6-7,9,12,16H,1,5,8,10-11H2,2-3H3. The normalized spacial score (nSPS) is 10.6. The zero-order valence-corrected chi connectivity index (χ0v) is 12.1. The van der Waals surface area contributed by atoms with Crippen LogP contribution in [0.1, 0.15) is 25.8 Å². The summed E-state index contributed by atoms with van der Waals surface area (Å²) in [5.74, 6) is 1.22. The molecule has 0 aromatic heterocycles. The topological polar surface area (TPSA) is 64.4 Å². The maximum atomic E-state index is 10.8. The van der Waals surface area contributed by atoms with Crippen LogP contribution in [0.25, 0.3) is 0 Å². The van der Waals surface area contributed by atoms with Gasteiger partial charge in [-0.3, -0.25) is 10.1 Å². The lowest BCUT2D eigenvalue weighted by molar-refractivity contribution is -0.384. The molecule has 0 unspecified atom stereocenters. The molecule has 0 aliphatic carbocycles. The predicted molar refractivity (Wildman–Crippen MR) is 80.0 cm³/mol. The summed E-state index contributed by atoms with van der Waals surface area (Å²) >= 11 is 0. The van der Waals surface area contributed by atoms with Gasteiger partial charge in [-0.1, -0.05) is 19.9 Å². The van der Waals surface area contributed by atoms with E-state index in [1.165, 1.54) is 6.07 Å². The summed E-state index contributed by atoms with van der Waals surface area (Å²) in [5.41, 5.74) is 0.895. The van der Waals surface area contributed by atoms with Crippen LogP contribution in [-0.4, -0.2) is 18.1 Å². The van der Waals surface area contributed by atoms with Crippen molar-refractivity contribution < 1.29 is 9.66 Å². The predicted octanol–water partition coefficient (Wildman–Crippen LogP) is 3.30. The zero-order chi connectivity index (χ0) is 15.0. The van der Waals surface area contributed by atoms with Crippen molar-refractivity contribution in [1.82, 2.24) is 5.32 Å². The summed E-state index contributed by atoms with van der Waals surface area (Å²) in [6.07, 6.45) is 2.53. The van der Waals surface area contributed by atoms with Crippen LogP contribution in [0.15, 0.2) is 30.9 Å². The van der Waals surface area contributed by atoms with Crippen molar-refractivity contribution in [3.05, 3.63) is 46.5 Å². The molecule has 0 radical (unpaired) electrons. The van der Waals surface area contributed by atoms with Crippen LogP contribution in [0.5, 0.6) is 5.75 Å². The third kappa shape index (κ3) is 5.40. The Balaban J connectivity index is 2.79. The summed E-state index contributed by atoms with van der Waals surface area (Å²) in [4.78, 5) is 10.4. The number of nitrogens with zero attached hydrogens (tertiary/aromatic N) is 1. The van der Waals surface area contributed by atoms with Crippen molar-refractivity contribution in [3.63, 3.8) is 0 Å². The smallest absolute Gasteiger partial charge is 0.270 e. The summed E-state index contributed by atoms with van der Waals surface area (Å²) in [5, 5.41) is 14.1. The van der Waals surface area contributed by atoms with Crippen molar-refractivity contribution >= 4 is 5.69 Å². The lowest BCUT2D eigenvalue weighted by Crippen LogP contribution is -2.19. The number of ether oxygens (including phenoxy) is 1. The molecule has 0 heterocycles. The molecule has 1 rings (SSSR count). The van der Waals surface area contributed by atoms with Crippen LogP contribution in [0, 0.1) is 16.0 Å². The maximum absolute atomic E-state index is 10.8. The molecular formula is C15H22N2O3. The fourth-order valence-electron chi connectivity index (χ4n) is 1.71. The van der Waals surface area contributed by atoms with Gasteiger partial charge in [-0.15, -0.1) is 6.58 Å². The average Bonchev–Trinajstić information content (AvgIpc) is 2.39. The van der Waals surface area contributed by atoms with E-state index in [4.69, 9.17) is 4.74 Å². The van der Waals surface area contributed by atoms with E-state index in [1.807, 2.05) is 0 Å². The number of non-ortho nitro benzene ring substituents is 1. The van der Waals surface area contributed by atoms with Crippen molar-refractivity contribution in [2.45, 2.75) is 26.8 Å². The van der Waals surface area contributed by atoms with Crippen molar-refractivity contribution in [2.24, 2.45) is 5.92 Å². The average molecular weight is 278 g/mol. The first-order valence-corrected chi connectivity index (χ1v) is 6.76. The largest absolute Gasteiger partial charge is 0.493 e. The molecule has 1 N–H and O–H groups in total. The van der Waals surface area contributed by atoms with E-state index in [-0.39, 0.29) is 10.6 Å². The molecule has 1 aromatic rings. The molecule has 0 atom stereocenters. The zero-order valence-electron chi connectivity index (χ0n) is 12.1. The quantitative estimate of drug-likeness (QED) is 0.326. The summed E-state index contributed by atoms with van der Waals surface area (Å²) in [7, 11) is 0. The third-order valence-electron chi connectivity index (χ3n) is 2.70. The number of nitro benzene ring substituents is 1. The number of benzene rings is 1. The van der Waals surface area contributed by atoms with Gasteiger partial charge in [0.1, 0.15) is 5.75 Å². The highest BCUT2D eigenvalue weighted by Crippen LogP contribution is 2.24. The van der Waals surface area contributed by atoms with Gasteiger partial charge >= 0.3 is 0 Å². The number of nitro groups is 1. The molecular weight excluding hydrogens is 256 g/mol.